The number of carbonyl (C=O) groups is 3. The molecule has 164 valence electrons. The van der Waals surface area contributed by atoms with Crippen LogP contribution < -0.4 is 10.1 Å². The Balaban J connectivity index is 1.40. The Kier molecular flexibility index (Phi) is 7.65. The molecule has 0 unspecified atom stereocenters. The molecule has 0 aromatic heterocycles. The first-order valence-corrected chi connectivity index (χ1v) is 10.5. The molecule has 0 radical (unpaired) electrons. The maximum Gasteiger partial charge on any atom is 0.260 e. The van der Waals surface area contributed by atoms with Crippen LogP contribution >= 0.6 is 0 Å². The van der Waals surface area contributed by atoms with E-state index in [1.807, 2.05) is 61.5 Å². The molecule has 31 heavy (non-hydrogen) atoms. The average Bonchev–Trinajstić information content (AvgIpc) is 2.79. The highest BCUT2D eigenvalue weighted by Gasteiger charge is 2.29. The third kappa shape index (κ3) is 6.57. The van der Waals surface area contributed by atoms with Crippen molar-refractivity contribution in [3.63, 3.8) is 0 Å². The summed E-state index contributed by atoms with van der Waals surface area (Å²) in [4.78, 5) is 40.6. The number of rotatable bonds is 7. The predicted octanol–water partition coefficient (Wildman–Crippen LogP) is 2.71. The van der Waals surface area contributed by atoms with E-state index in [0.717, 1.165) is 5.56 Å². The zero-order valence-corrected chi connectivity index (χ0v) is 18.0. The predicted molar refractivity (Wildman–Crippen MR) is 119 cm³/mol. The molecule has 1 heterocycles. The molecule has 1 aliphatic rings. The normalized spacial score (nSPS) is 14.1. The van der Waals surface area contributed by atoms with Crippen molar-refractivity contribution >= 4 is 23.4 Å². The smallest absolute Gasteiger partial charge is 0.260 e. The molecule has 1 aliphatic heterocycles. The number of amides is 3. The Morgan fingerprint density at radius 2 is 1.68 bits per heavy atom. The second kappa shape index (κ2) is 10.6. The molecule has 3 rings (SSSR count). The molecule has 7 nitrogen and oxygen atoms in total. The van der Waals surface area contributed by atoms with Crippen LogP contribution in [0.1, 0.15) is 18.4 Å². The highest BCUT2D eigenvalue weighted by Crippen LogP contribution is 2.20. The molecule has 0 spiro atoms. The van der Waals surface area contributed by atoms with Gasteiger partial charge in [0.25, 0.3) is 5.91 Å². The molecule has 0 saturated carbocycles. The van der Waals surface area contributed by atoms with Crippen LogP contribution in [-0.2, 0) is 14.4 Å². The lowest BCUT2D eigenvalue weighted by Crippen LogP contribution is -2.46. The number of hydrogen-bond donors (Lipinski definition) is 1. The van der Waals surface area contributed by atoms with Crippen molar-refractivity contribution in [2.45, 2.75) is 19.8 Å². The molecule has 1 saturated heterocycles. The number of likely N-dealkylation sites (tertiary alicyclic amines) is 1. The van der Waals surface area contributed by atoms with Gasteiger partial charge in [0.05, 0.1) is 6.54 Å². The summed E-state index contributed by atoms with van der Waals surface area (Å²) in [5.74, 6) is 0.0976. The van der Waals surface area contributed by atoms with Gasteiger partial charge in [0, 0.05) is 31.7 Å². The Morgan fingerprint density at radius 3 is 2.32 bits per heavy atom. The number of nitrogens with zero attached hydrogens (tertiary/aromatic N) is 2. The summed E-state index contributed by atoms with van der Waals surface area (Å²) in [6.45, 7) is 2.99. The molecule has 2 aromatic rings. The first kappa shape index (κ1) is 22.3. The lowest BCUT2D eigenvalue weighted by molar-refractivity contribution is -0.141. The second-order valence-corrected chi connectivity index (χ2v) is 7.87. The topological polar surface area (TPSA) is 79.0 Å². The first-order chi connectivity index (χ1) is 14.9. The monoisotopic (exact) mass is 423 g/mol. The van der Waals surface area contributed by atoms with Crippen LogP contribution in [0.5, 0.6) is 5.75 Å². The molecule has 0 aliphatic carbocycles. The van der Waals surface area contributed by atoms with Crippen LogP contribution in [0.25, 0.3) is 0 Å². The van der Waals surface area contributed by atoms with Gasteiger partial charge in [-0.25, -0.2) is 0 Å². The molecule has 7 heteroatoms. The van der Waals surface area contributed by atoms with Gasteiger partial charge < -0.3 is 19.9 Å². The van der Waals surface area contributed by atoms with E-state index < -0.39 is 0 Å². The average molecular weight is 424 g/mol. The van der Waals surface area contributed by atoms with Crippen LogP contribution in [0.4, 0.5) is 5.69 Å². The summed E-state index contributed by atoms with van der Waals surface area (Å²) in [7, 11) is 1.64. The maximum absolute atomic E-state index is 12.7. The number of hydrogen-bond acceptors (Lipinski definition) is 4. The van der Waals surface area contributed by atoms with Crippen LogP contribution in [0.15, 0.2) is 54.6 Å². The Morgan fingerprint density at radius 1 is 1.03 bits per heavy atom. The Hall–Kier alpha value is -3.35. The number of likely N-dealkylation sites (N-methyl/N-ethyl adjacent to an activating group) is 1. The number of nitrogens with one attached hydrogen (secondary N) is 1. The highest BCUT2D eigenvalue weighted by atomic mass is 16.5. The SMILES string of the molecule is Cc1ccc(NC(=O)CN(C)C(=O)C2CCN(C(=O)COc3ccccc3)CC2)cc1. The molecule has 3 amide bonds. The lowest BCUT2D eigenvalue weighted by atomic mass is 9.95. The lowest BCUT2D eigenvalue weighted by Gasteiger charge is -2.33. The summed E-state index contributed by atoms with van der Waals surface area (Å²) in [5, 5.41) is 2.81. The van der Waals surface area contributed by atoms with Crippen molar-refractivity contribution in [2.75, 3.05) is 38.6 Å². The van der Waals surface area contributed by atoms with Crippen LogP contribution in [0.2, 0.25) is 0 Å². The van der Waals surface area contributed by atoms with E-state index in [1.165, 1.54) is 4.90 Å². The summed E-state index contributed by atoms with van der Waals surface area (Å²) < 4.78 is 5.52. The van der Waals surface area contributed by atoms with Crippen LogP contribution in [-0.4, -0.2) is 60.8 Å². The van der Waals surface area contributed by atoms with Crippen LogP contribution in [0, 0.1) is 12.8 Å². The van der Waals surface area contributed by atoms with Gasteiger partial charge in [0.2, 0.25) is 11.8 Å². The number of carbonyl (C=O) groups excluding carboxylic acids is 3. The number of aryl methyl sites for hydroxylation is 1. The van der Waals surface area contributed by atoms with Crippen molar-refractivity contribution in [2.24, 2.45) is 5.92 Å². The fourth-order valence-electron chi connectivity index (χ4n) is 3.57. The van der Waals surface area contributed by atoms with Crippen LogP contribution in [0.3, 0.4) is 0 Å². The number of ether oxygens (including phenoxy) is 1. The minimum atomic E-state index is -0.231. The van der Waals surface area contributed by atoms with Gasteiger partial charge in [0.15, 0.2) is 6.61 Å². The largest absolute Gasteiger partial charge is 0.484 e. The Labute approximate surface area is 183 Å². The minimum absolute atomic E-state index is 0.00320. The molecular weight excluding hydrogens is 394 g/mol. The first-order valence-electron chi connectivity index (χ1n) is 10.5. The number of para-hydroxylation sites is 1. The van der Waals surface area contributed by atoms with Gasteiger partial charge in [-0.3, -0.25) is 14.4 Å². The molecular formula is C24H29N3O4. The van der Waals surface area contributed by atoms with Gasteiger partial charge in [-0.05, 0) is 44.0 Å². The number of anilines is 1. The molecule has 2 aromatic carbocycles. The molecule has 1 N–H and O–H groups in total. The van der Waals surface area contributed by atoms with Gasteiger partial charge in [0.1, 0.15) is 5.75 Å². The van der Waals surface area contributed by atoms with E-state index in [9.17, 15) is 14.4 Å². The van der Waals surface area contributed by atoms with Gasteiger partial charge in [-0.15, -0.1) is 0 Å². The second-order valence-electron chi connectivity index (χ2n) is 7.87. The van der Waals surface area contributed by atoms with E-state index in [0.29, 0.717) is 37.4 Å². The van der Waals surface area contributed by atoms with Crippen molar-refractivity contribution in [1.29, 1.82) is 0 Å². The van der Waals surface area contributed by atoms with Crippen molar-refractivity contribution in [3.05, 3.63) is 60.2 Å². The van der Waals surface area contributed by atoms with E-state index >= 15 is 0 Å². The van der Waals surface area contributed by atoms with E-state index in [-0.39, 0.29) is 36.8 Å². The molecule has 0 atom stereocenters. The third-order valence-electron chi connectivity index (χ3n) is 5.39. The van der Waals surface area contributed by atoms with Crippen molar-refractivity contribution in [3.8, 4) is 5.75 Å². The fraction of sp³-hybridized carbons (Fsp3) is 0.375. The fourth-order valence-corrected chi connectivity index (χ4v) is 3.57. The summed E-state index contributed by atoms with van der Waals surface area (Å²) in [6.07, 6.45) is 1.17. The van der Waals surface area contributed by atoms with Gasteiger partial charge in [-0.2, -0.15) is 0 Å². The summed E-state index contributed by atoms with van der Waals surface area (Å²) in [5.41, 5.74) is 1.82. The minimum Gasteiger partial charge on any atom is -0.484 e. The van der Waals surface area contributed by atoms with Crippen molar-refractivity contribution in [1.82, 2.24) is 9.80 Å². The van der Waals surface area contributed by atoms with Gasteiger partial charge in [-0.1, -0.05) is 35.9 Å². The molecule has 0 bridgehead atoms. The number of piperidine rings is 1. The third-order valence-corrected chi connectivity index (χ3v) is 5.39. The van der Waals surface area contributed by atoms with Gasteiger partial charge >= 0.3 is 0 Å². The van der Waals surface area contributed by atoms with E-state index in [2.05, 4.69) is 5.32 Å². The Bertz CT molecular complexity index is 891. The zero-order chi connectivity index (χ0) is 22.2. The summed E-state index contributed by atoms with van der Waals surface area (Å²) in [6, 6.07) is 16.7. The zero-order valence-electron chi connectivity index (χ0n) is 18.0. The van der Waals surface area contributed by atoms with E-state index in [4.69, 9.17) is 4.74 Å². The van der Waals surface area contributed by atoms with Crippen molar-refractivity contribution < 1.29 is 19.1 Å². The van der Waals surface area contributed by atoms with E-state index in [1.54, 1.807) is 11.9 Å². The summed E-state index contributed by atoms with van der Waals surface area (Å²) >= 11 is 0. The highest BCUT2D eigenvalue weighted by molar-refractivity contribution is 5.94. The quantitative estimate of drug-likeness (QED) is 0.743. The maximum atomic E-state index is 12.7. The molecule has 1 fully saturated rings. The number of benzene rings is 2. The standard InChI is InChI=1S/C24H29N3O4/c1-18-8-10-20(11-9-18)25-22(28)16-26(2)24(30)19-12-14-27(15-13-19)23(29)17-31-21-6-4-3-5-7-21/h3-11,19H,12-17H2,1-2H3,(H,25,28).